The lowest BCUT2D eigenvalue weighted by Crippen LogP contribution is -2.36. The highest BCUT2D eigenvalue weighted by Gasteiger charge is 2.37. The summed E-state index contributed by atoms with van der Waals surface area (Å²) in [5, 5.41) is 2.74. The topological polar surface area (TPSA) is 153 Å². The molecule has 0 spiro atoms. The fourth-order valence-electron chi connectivity index (χ4n) is 4.44. The first-order valence-electron chi connectivity index (χ1n) is 12.8. The van der Waals surface area contributed by atoms with E-state index in [0.717, 1.165) is 18.4 Å². The van der Waals surface area contributed by atoms with Gasteiger partial charge in [0.2, 0.25) is 11.8 Å². The Kier molecular flexibility index (Phi) is 8.29. The van der Waals surface area contributed by atoms with Crippen LogP contribution >= 0.6 is 7.75 Å². The average molecular weight is 567 g/mol. The van der Waals surface area contributed by atoms with E-state index in [0.29, 0.717) is 22.8 Å². The van der Waals surface area contributed by atoms with Crippen LogP contribution in [-0.2, 0) is 25.2 Å². The summed E-state index contributed by atoms with van der Waals surface area (Å²) in [7, 11) is -2.44. The molecule has 0 bridgehead atoms. The van der Waals surface area contributed by atoms with Crippen LogP contribution in [0.25, 0.3) is 11.2 Å². The average Bonchev–Trinajstić information content (AvgIpc) is 3.34. The van der Waals surface area contributed by atoms with Gasteiger partial charge in [-0.15, -0.1) is 0 Å². The van der Waals surface area contributed by atoms with Crippen LogP contribution in [0.4, 0.5) is 5.95 Å². The number of esters is 1. The highest BCUT2D eigenvalue weighted by Crippen LogP contribution is 2.48. The van der Waals surface area contributed by atoms with Crippen molar-refractivity contribution in [3.05, 3.63) is 72.6 Å². The zero-order valence-electron chi connectivity index (χ0n) is 22.2. The van der Waals surface area contributed by atoms with Gasteiger partial charge in [0.25, 0.3) is 0 Å². The van der Waals surface area contributed by atoms with E-state index in [4.69, 9.17) is 24.3 Å². The lowest BCUT2D eigenvalue weighted by Gasteiger charge is -2.36. The number of nitrogens with two attached hydrogens (primary N) is 1. The zero-order valence-corrected chi connectivity index (χ0v) is 23.1. The van der Waals surface area contributed by atoms with Crippen LogP contribution in [0, 0.1) is 5.92 Å². The van der Waals surface area contributed by atoms with Crippen molar-refractivity contribution in [2.24, 2.45) is 5.92 Å². The molecule has 1 saturated carbocycles. The number of carbonyl (C=O) groups excluding carboxylic acids is 1. The second-order valence-electron chi connectivity index (χ2n) is 9.55. The number of nitrogens with one attached hydrogen (secondary N) is 1. The van der Waals surface area contributed by atoms with E-state index in [1.165, 1.54) is 7.11 Å². The summed E-state index contributed by atoms with van der Waals surface area (Å²) in [6.45, 7) is 1.82. The molecule has 40 heavy (non-hydrogen) atoms. The van der Waals surface area contributed by atoms with Crippen molar-refractivity contribution in [3.63, 3.8) is 0 Å². The maximum absolute atomic E-state index is 13.8. The molecule has 0 aliphatic heterocycles. The van der Waals surface area contributed by atoms with Gasteiger partial charge in [-0.25, -0.2) is 9.55 Å². The lowest BCUT2D eigenvalue weighted by molar-refractivity contribution is -0.146. The number of hydrogen-bond donors (Lipinski definition) is 2. The maximum Gasteiger partial charge on any atom is 0.459 e. The Balaban J connectivity index is 1.21. The highest BCUT2D eigenvalue weighted by molar-refractivity contribution is 7.52. The van der Waals surface area contributed by atoms with Crippen LogP contribution in [0.15, 0.2) is 67.0 Å². The molecule has 1 unspecified atom stereocenters. The zero-order chi connectivity index (χ0) is 28.1. The smallest absolute Gasteiger partial charge is 0.459 e. The number of ether oxygens (including phenoxy) is 2. The van der Waals surface area contributed by atoms with Crippen LogP contribution in [0.2, 0.25) is 0 Å². The summed E-state index contributed by atoms with van der Waals surface area (Å²) < 4.78 is 38.0. The predicted molar refractivity (Wildman–Crippen MR) is 148 cm³/mol. The molecule has 1 aliphatic rings. The third kappa shape index (κ3) is 6.41. The first-order valence-corrected chi connectivity index (χ1v) is 14.4. The van der Waals surface area contributed by atoms with E-state index < -0.39 is 19.8 Å². The van der Waals surface area contributed by atoms with Crippen LogP contribution in [0.1, 0.15) is 31.4 Å². The third-order valence-corrected chi connectivity index (χ3v) is 8.23. The van der Waals surface area contributed by atoms with Gasteiger partial charge in [-0.2, -0.15) is 15.1 Å². The van der Waals surface area contributed by atoms with E-state index in [1.807, 2.05) is 41.0 Å². The van der Waals surface area contributed by atoms with Gasteiger partial charge < -0.3 is 24.3 Å². The number of nitrogen functional groups attached to an aromatic ring is 1. The molecule has 210 valence electrons. The number of fused-ring (bicyclic) bond motifs is 1. The number of hydrogen-bond acceptors (Lipinski definition) is 10. The molecule has 4 aromatic rings. The Morgan fingerprint density at radius 2 is 1.82 bits per heavy atom. The minimum absolute atomic E-state index is 0.0957. The van der Waals surface area contributed by atoms with Crippen molar-refractivity contribution >= 4 is 30.8 Å². The summed E-state index contributed by atoms with van der Waals surface area (Å²) in [5.41, 5.74) is 7.81. The van der Waals surface area contributed by atoms with Crippen molar-refractivity contribution in [3.8, 4) is 11.6 Å². The monoisotopic (exact) mass is 566 g/mol. The molecule has 2 heterocycles. The van der Waals surface area contributed by atoms with E-state index in [2.05, 4.69) is 20.0 Å². The first kappa shape index (κ1) is 27.6. The summed E-state index contributed by atoms with van der Waals surface area (Å²) in [4.78, 5) is 25.4. The molecule has 1 aliphatic carbocycles. The SMILES string of the molecule is COc1nc(N)nc2c1ncn2[C@H]1C[C@@H](COP(=O)(N[C@@H](C)C(=O)OCc2ccccc2)Oc2ccccc2)C1. The van der Waals surface area contributed by atoms with E-state index in [1.54, 1.807) is 37.5 Å². The van der Waals surface area contributed by atoms with Crippen LogP contribution in [0.3, 0.4) is 0 Å². The Bertz CT molecular complexity index is 1500. The third-order valence-electron chi connectivity index (χ3n) is 6.58. The fraction of sp³-hybridized carbons (Fsp3) is 0.333. The van der Waals surface area contributed by atoms with Crippen LogP contribution in [0.5, 0.6) is 11.6 Å². The molecule has 12 nitrogen and oxygen atoms in total. The van der Waals surface area contributed by atoms with E-state index in [-0.39, 0.29) is 31.1 Å². The molecule has 2 atom stereocenters. The van der Waals surface area contributed by atoms with Gasteiger partial charge in [0.1, 0.15) is 18.4 Å². The molecule has 13 heteroatoms. The number of methoxy groups -OCH3 is 1. The predicted octanol–water partition coefficient (Wildman–Crippen LogP) is 4.29. The van der Waals surface area contributed by atoms with Crippen LogP contribution in [-0.4, -0.2) is 45.2 Å². The molecule has 0 saturated heterocycles. The number of carbonyl (C=O) groups is 1. The molecule has 2 aromatic carbocycles. The molecule has 3 N–H and O–H groups in total. The summed E-state index contributed by atoms with van der Waals surface area (Å²) in [6, 6.07) is 17.2. The second-order valence-corrected chi connectivity index (χ2v) is 11.2. The van der Waals surface area contributed by atoms with Gasteiger partial charge in [-0.1, -0.05) is 48.5 Å². The highest BCUT2D eigenvalue weighted by atomic mass is 31.2. The lowest BCUT2D eigenvalue weighted by atomic mass is 9.81. The molecule has 0 radical (unpaired) electrons. The van der Waals surface area contributed by atoms with Gasteiger partial charge in [-0.3, -0.25) is 9.32 Å². The Morgan fingerprint density at radius 1 is 1.12 bits per heavy atom. The fourth-order valence-corrected chi connectivity index (χ4v) is 6.00. The number of nitrogens with zero attached hydrogens (tertiary/aromatic N) is 4. The number of para-hydroxylation sites is 1. The minimum atomic E-state index is -3.94. The van der Waals surface area contributed by atoms with Gasteiger partial charge in [0.05, 0.1) is 20.0 Å². The number of aromatic nitrogens is 4. The maximum atomic E-state index is 13.8. The Hall–Kier alpha value is -3.99. The first-order chi connectivity index (χ1) is 19.3. The Labute approximate surface area is 231 Å². The van der Waals surface area contributed by atoms with Crippen molar-refractivity contribution in [1.82, 2.24) is 24.6 Å². The molecule has 2 aromatic heterocycles. The van der Waals surface area contributed by atoms with Crippen LogP contribution < -0.4 is 20.1 Å². The Morgan fingerprint density at radius 3 is 2.52 bits per heavy atom. The van der Waals surface area contributed by atoms with E-state index >= 15 is 0 Å². The molecule has 1 fully saturated rings. The normalized spacial score (nSPS) is 18.9. The van der Waals surface area contributed by atoms with Crippen molar-refractivity contribution < 1.29 is 27.9 Å². The minimum Gasteiger partial charge on any atom is -0.479 e. The molecular weight excluding hydrogens is 535 g/mol. The second kappa shape index (κ2) is 12.0. The summed E-state index contributed by atoms with van der Waals surface area (Å²) >= 11 is 0. The molecule has 0 amide bonds. The van der Waals surface area contributed by atoms with E-state index in [9.17, 15) is 9.36 Å². The molecular formula is C27H31N6O6P. The summed E-state index contributed by atoms with van der Waals surface area (Å²) in [5.74, 6) is 0.301. The standard InChI is InChI=1S/C27H31N6O6P/c1-18(26(34)37-15-19-9-5-3-6-10-19)32-40(35,39-22-11-7-4-8-12-22)38-16-20-13-21(14-20)33-17-29-23-24(33)30-27(28)31-25(23)36-2/h3-12,17-18,20-21H,13-16H2,1-2H3,(H,32,35)(H2,28,30,31)/t18-,20-,21+,40?/m0/s1. The number of rotatable bonds is 12. The van der Waals surface area contributed by atoms with Gasteiger partial charge in [-0.05, 0) is 43.4 Å². The quantitative estimate of drug-likeness (QED) is 0.186. The van der Waals surface area contributed by atoms with Gasteiger partial charge in [0.15, 0.2) is 11.2 Å². The van der Waals surface area contributed by atoms with Gasteiger partial charge >= 0.3 is 13.7 Å². The van der Waals surface area contributed by atoms with Crippen molar-refractivity contribution in [1.29, 1.82) is 0 Å². The summed E-state index contributed by atoms with van der Waals surface area (Å²) in [6.07, 6.45) is 3.16. The number of benzene rings is 2. The molecule has 5 rings (SSSR count). The number of imidazole rings is 1. The number of anilines is 1. The van der Waals surface area contributed by atoms with Crippen molar-refractivity contribution in [2.45, 2.75) is 38.5 Å². The van der Waals surface area contributed by atoms with Crippen molar-refractivity contribution in [2.75, 3.05) is 19.5 Å². The largest absolute Gasteiger partial charge is 0.479 e. The van der Waals surface area contributed by atoms with Gasteiger partial charge in [0, 0.05) is 6.04 Å².